The normalized spacial score (nSPS) is 17.7. The van der Waals surface area contributed by atoms with Crippen molar-refractivity contribution in [3.05, 3.63) is 22.4 Å². The van der Waals surface area contributed by atoms with Crippen molar-refractivity contribution in [1.82, 2.24) is 4.90 Å². The molecule has 1 aromatic rings. The molecule has 1 aliphatic heterocycles. The second kappa shape index (κ2) is 5.46. The topological polar surface area (TPSA) is 46.3 Å². The monoisotopic (exact) mass is 238 g/mol. The minimum atomic E-state index is -0.0392. The van der Waals surface area contributed by atoms with Crippen LogP contribution < -0.4 is 5.73 Å². The Labute approximate surface area is 100 Å². The Morgan fingerprint density at radius 1 is 1.50 bits per heavy atom. The lowest BCUT2D eigenvalue weighted by Crippen LogP contribution is -2.34. The quantitative estimate of drug-likeness (QED) is 0.866. The molecule has 1 saturated heterocycles. The van der Waals surface area contributed by atoms with Crippen LogP contribution in [0.5, 0.6) is 0 Å². The highest BCUT2D eigenvalue weighted by Gasteiger charge is 2.20. The van der Waals surface area contributed by atoms with Gasteiger partial charge in [0, 0.05) is 25.6 Å². The predicted octanol–water partition coefficient (Wildman–Crippen LogP) is 1.63. The van der Waals surface area contributed by atoms with Gasteiger partial charge in [0.2, 0.25) is 5.91 Å². The van der Waals surface area contributed by atoms with Gasteiger partial charge in [0.1, 0.15) is 0 Å². The Bertz CT molecular complexity index is 331. The first-order chi connectivity index (χ1) is 7.75. The van der Waals surface area contributed by atoms with Crippen LogP contribution in [0.2, 0.25) is 0 Å². The molecule has 1 fully saturated rings. The highest BCUT2D eigenvalue weighted by atomic mass is 32.1. The summed E-state index contributed by atoms with van der Waals surface area (Å²) in [5, 5.41) is 4.14. The summed E-state index contributed by atoms with van der Waals surface area (Å²) in [6.07, 6.45) is 3.58. The summed E-state index contributed by atoms with van der Waals surface area (Å²) < 4.78 is 0. The molecule has 1 amide bonds. The molecule has 1 aliphatic rings. The first-order valence-electron chi connectivity index (χ1n) is 5.80. The molecule has 2 rings (SSSR count). The third kappa shape index (κ3) is 3.06. The average Bonchev–Trinajstić information content (AvgIpc) is 2.88. The number of hydrogen-bond acceptors (Lipinski definition) is 3. The second-order valence-electron chi connectivity index (χ2n) is 4.39. The highest BCUT2D eigenvalue weighted by Crippen LogP contribution is 2.12. The van der Waals surface area contributed by atoms with E-state index in [4.69, 9.17) is 5.73 Å². The number of hydrogen-bond donors (Lipinski definition) is 1. The van der Waals surface area contributed by atoms with Crippen LogP contribution in [0.15, 0.2) is 16.8 Å². The molecule has 0 aromatic carbocycles. The predicted molar refractivity (Wildman–Crippen MR) is 66.4 cm³/mol. The Hall–Kier alpha value is -0.870. The Balaban J connectivity index is 1.78. The zero-order chi connectivity index (χ0) is 11.4. The van der Waals surface area contributed by atoms with Crippen molar-refractivity contribution < 1.29 is 4.79 Å². The lowest BCUT2D eigenvalue weighted by molar-refractivity contribution is -0.130. The van der Waals surface area contributed by atoms with Crippen molar-refractivity contribution in [3.8, 4) is 0 Å². The number of carbonyl (C=O) groups is 1. The SMILES string of the molecule is NC(CC(=O)N1CCCC1)Cc1ccsc1. The lowest BCUT2D eigenvalue weighted by atomic mass is 10.1. The molecule has 0 bridgehead atoms. The van der Waals surface area contributed by atoms with Crippen LogP contribution in [-0.2, 0) is 11.2 Å². The van der Waals surface area contributed by atoms with E-state index in [1.807, 2.05) is 10.3 Å². The number of thiophene rings is 1. The molecular weight excluding hydrogens is 220 g/mol. The van der Waals surface area contributed by atoms with E-state index in [2.05, 4.69) is 11.4 Å². The first kappa shape index (κ1) is 11.6. The third-order valence-corrected chi connectivity index (χ3v) is 3.71. The van der Waals surface area contributed by atoms with Crippen LogP contribution >= 0.6 is 11.3 Å². The molecule has 1 aromatic heterocycles. The van der Waals surface area contributed by atoms with Crippen molar-refractivity contribution in [1.29, 1.82) is 0 Å². The fourth-order valence-electron chi connectivity index (χ4n) is 2.10. The van der Waals surface area contributed by atoms with Gasteiger partial charge in [-0.25, -0.2) is 0 Å². The van der Waals surface area contributed by atoms with Gasteiger partial charge in [0.25, 0.3) is 0 Å². The maximum absolute atomic E-state index is 11.8. The molecular formula is C12H18N2OS. The average molecular weight is 238 g/mol. The van der Waals surface area contributed by atoms with Crippen LogP contribution in [0.1, 0.15) is 24.8 Å². The van der Waals surface area contributed by atoms with Crippen LogP contribution in [0, 0.1) is 0 Å². The maximum Gasteiger partial charge on any atom is 0.224 e. The van der Waals surface area contributed by atoms with Crippen LogP contribution in [-0.4, -0.2) is 29.9 Å². The Kier molecular flexibility index (Phi) is 3.96. The summed E-state index contributed by atoms with van der Waals surface area (Å²) in [4.78, 5) is 13.8. The van der Waals surface area contributed by atoms with E-state index in [9.17, 15) is 4.79 Å². The van der Waals surface area contributed by atoms with Gasteiger partial charge in [0.05, 0.1) is 0 Å². The van der Waals surface area contributed by atoms with Crippen molar-refractivity contribution >= 4 is 17.2 Å². The molecule has 88 valence electrons. The zero-order valence-electron chi connectivity index (χ0n) is 9.39. The first-order valence-corrected chi connectivity index (χ1v) is 6.74. The standard InChI is InChI=1S/C12H18N2OS/c13-11(7-10-3-6-16-9-10)8-12(15)14-4-1-2-5-14/h3,6,9,11H,1-2,4-5,7-8,13H2. The van der Waals surface area contributed by atoms with Crippen molar-refractivity contribution in [3.63, 3.8) is 0 Å². The molecule has 1 unspecified atom stereocenters. The molecule has 0 spiro atoms. The van der Waals surface area contributed by atoms with Gasteiger partial charge in [-0.15, -0.1) is 0 Å². The summed E-state index contributed by atoms with van der Waals surface area (Å²) >= 11 is 1.67. The number of carbonyl (C=O) groups excluding carboxylic acids is 1. The molecule has 0 radical (unpaired) electrons. The van der Waals surface area contributed by atoms with E-state index in [1.54, 1.807) is 11.3 Å². The second-order valence-corrected chi connectivity index (χ2v) is 5.17. The smallest absolute Gasteiger partial charge is 0.224 e. The fourth-order valence-corrected chi connectivity index (χ4v) is 2.79. The fraction of sp³-hybridized carbons (Fsp3) is 0.583. The van der Waals surface area contributed by atoms with Gasteiger partial charge < -0.3 is 10.6 Å². The summed E-state index contributed by atoms with van der Waals surface area (Å²) in [6.45, 7) is 1.84. The molecule has 1 atom stereocenters. The summed E-state index contributed by atoms with van der Waals surface area (Å²) in [6, 6.07) is 2.04. The lowest BCUT2D eigenvalue weighted by Gasteiger charge is -2.18. The number of nitrogens with two attached hydrogens (primary N) is 1. The van der Waals surface area contributed by atoms with Crippen LogP contribution in [0.25, 0.3) is 0 Å². The van der Waals surface area contributed by atoms with Crippen molar-refractivity contribution in [2.45, 2.75) is 31.7 Å². The van der Waals surface area contributed by atoms with Gasteiger partial charge in [-0.3, -0.25) is 4.79 Å². The minimum Gasteiger partial charge on any atom is -0.343 e. The van der Waals surface area contributed by atoms with Gasteiger partial charge in [-0.05, 0) is 41.7 Å². The number of nitrogens with zero attached hydrogens (tertiary/aromatic N) is 1. The number of likely N-dealkylation sites (tertiary alicyclic amines) is 1. The number of amides is 1. The van der Waals surface area contributed by atoms with Gasteiger partial charge in [0.15, 0.2) is 0 Å². The maximum atomic E-state index is 11.8. The summed E-state index contributed by atoms with van der Waals surface area (Å²) in [7, 11) is 0. The molecule has 0 aliphatic carbocycles. The summed E-state index contributed by atoms with van der Waals surface area (Å²) in [5.74, 6) is 0.222. The Morgan fingerprint density at radius 3 is 2.88 bits per heavy atom. The van der Waals surface area contributed by atoms with E-state index in [-0.39, 0.29) is 11.9 Å². The van der Waals surface area contributed by atoms with Gasteiger partial charge in [-0.1, -0.05) is 0 Å². The molecule has 2 heterocycles. The van der Waals surface area contributed by atoms with Crippen LogP contribution in [0.3, 0.4) is 0 Å². The molecule has 0 saturated carbocycles. The van der Waals surface area contributed by atoms with E-state index < -0.39 is 0 Å². The molecule has 2 N–H and O–H groups in total. The van der Waals surface area contributed by atoms with E-state index in [0.29, 0.717) is 6.42 Å². The van der Waals surface area contributed by atoms with E-state index >= 15 is 0 Å². The zero-order valence-corrected chi connectivity index (χ0v) is 10.2. The Morgan fingerprint density at radius 2 is 2.25 bits per heavy atom. The summed E-state index contributed by atoms with van der Waals surface area (Å²) in [5.41, 5.74) is 7.23. The third-order valence-electron chi connectivity index (χ3n) is 2.97. The van der Waals surface area contributed by atoms with Gasteiger partial charge >= 0.3 is 0 Å². The molecule has 3 nitrogen and oxygen atoms in total. The largest absolute Gasteiger partial charge is 0.343 e. The molecule has 4 heteroatoms. The van der Waals surface area contributed by atoms with Crippen molar-refractivity contribution in [2.24, 2.45) is 5.73 Å². The molecule has 16 heavy (non-hydrogen) atoms. The highest BCUT2D eigenvalue weighted by molar-refractivity contribution is 7.07. The minimum absolute atomic E-state index is 0.0392. The number of rotatable bonds is 4. The van der Waals surface area contributed by atoms with Crippen LogP contribution in [0.4, 0.5) is 0 Å². The van der Waals surface area contributed by atoms with E-state index in [1.165, 1.54) is 5.56 Å². The van der Waals surface area contributed by atoms with E-state index in [0.717, 1.165) is 32.4 Å². The van der Waals surface area contributed by atoms with Gasteiger partial charge in [-0.2, -0.15) is 11.3 Å². The van der Waals surface area contributed by atoms with Crippen molar-refractivity contribution in [2.75, 3.05) is 13.1 Å².